The Balaban J connectivity index is 3.67. The van der Waals surface area contributed by atoms with E-state index in [1.807, 2.05) is 13.8 Å². The molecule has 5 nitrogen and oxygen atoms in total. The number of rotatable bonds is 6. The molecule has 0 aromatic carbocycles. The second-order valence-electron chi connectivity index (χ2n) is 3.50. The van der Waals surface area contributed by atoms with E-state index in [1.165, 1.54) is 11.9 Å². The maximum Gasteiger partial charge on any atom is 0.323 e. The number of carboxylic acid groups (broad SMARTS) is 1. The summed E-state index contributed by atoms with van der Waals surface area (Å²) in [7, 11) is 1.49. The summed E-state index contributed by atoms with van der Waals surface area (Å²) < 4.78 is 0. The lowest BCUT2D eigenvalue weighted by Crippen LogP contribution is -2.35. The predicted molar refractivity (Wildman–Crippen MR) is 53.0 cm³/mol. The first-order chi connectivity index (χ1) is 6.43. The highest BCUT2D eigenvalue weighted by Crippen LogP contribution is 1.90. The maximum absolute atomic E-state index is 11.3. The highest BCUT2D eigenvalue weighted by Gasteiger charge is 2.11. The molecule has 0 aromatic heterocycles. The van der Waals surface area contributed by atoms with Crippen molar-refractivity contribution >= 4 is 11.9 Å². The highest BCUT2D eigenvalue weighted by atomic mass is 16.4. The van der Waals surface area contributed by atoms with E-state index >= 15 is 0 Å². The summed E-state index contributed by atoms with van der Waals surface area (Å²) in [5, 5.41) is 11.5. The molecule has 0 aromatic rings. The minimum Gasteiger partial charge on any atom is -0.480 e. The second kappa shape index (κ2) is 6.37. The summed E-state index contributed by atoms with van der Waals surface area (Å²) in [5.74, 6) is -1.14. The lowest BCUT2D eigenvalue weighted by Gasteiger charge is -2.15. The summed E-state index contributed by atoms with van der Waals surface area (Å²) in [6, 6.07) is 0.340. The van der Waals surface area contributed by atoms with Crippen LogP contribution in [-0.2, 0) is 9.59 Å². The molecule has 14 heavy (non-hydrogen) atoms. The van der Waals surface area contributed by atoms with E-state index in [-0.39, 0.29) is 12.5 Å². The Morgan fingerprint density at radius 1 is 1.43 bits per heavy atom. The van der Waals surface area contributed by atoms with Crippen LogP contribution in [0.5, 0.6) is 0 Å². The number of carbonyl (C=O) groups excluding carboxylic acids is 1. The first-order valence-electron chi connectivity index (χ1n) is 4.62. The van der Waals surface area contributed by atoms with Crippen LogP contribution in [0.15, 0.2) is 0 Å². The van der Waals surface area contributed by atoms with Crippen molar-refractivity contribution < 1.29 is 14.7 Å². The molecule has 0 radical (unpaired) electrons. The molecule has 82 valence electrons. The third-order valence-corrected chi connectivity index (χ3v) is 1.69. The van der Waals surface area contributed by atoms with E-state index in [9.17, 15) is 9.59 Å². The Labute approximate surface area is 84.1 Å². The van der Waals surface area contributed by atoms with Crippen LogP contribution >= 0.6 is 0 Å². The smallest absolute Gasteiger partial charge is 0.323 e. The van der Waals surface area contributed by atoms with Gasteiger partial charge in [0, 0.05) is 26.1 Å². The highest BCUT2D eigenvalue weighted by molar-refractivity contribution is 5.81. The van der Waals surface area contributed by atoms with Crippen molar-refractivity contribution in [1.82, 2.24) is 10.2 Å². The van der Waals surface area contributed by atoms with E-state index in [0.717, 1.165) is 0 Å². The Bertz CT molecular complexity index is 204. The zero-order valence-corrected chi connectivity index (χ0v) is 8.91. The first kappa shape index (κ1) is 12.9. The van der Waals surface area contributed by atoms with Crippen LogP contribution in [0, 0.1) is 0 Å². The normalized spacial score (nSPS) is 10.3. The molecule has 0 spiro atoms. The van der Waals surface area contributed by atoms with Gasteiger partial charge in [-0.05, 0) is 0 Å². The molecule has 0 fully saturated rings. The van der Waals surface area contributed by atoms with Crippen molar-refractivity contribution in [2.45, 2.75) is 26.3 Å². The van der Waals surface area contributed by atoms with Gasteiger partial charge in [0.2, 0.25) is 5.91 Å². The second-order valence-corrected chi connectivity index (χ2v) is 3.50. The largest absolute Gasteiger partial charge is 0.480 e. The number of carboxylic acids is 1. The lowest BCUT2D eigenvalue weighted by molar-refractivity contribution is -0.143. The van der Waals surface area contributed by atoms with Gasteiger partial charge in [0.25, 0.3) is 0 Å². The van der Waals surface area contributed by atoms with Gasteiger partial charge >= 0.3 is 5.97 Å². The number of likely N-dealkylation sites (N-methyl/N-ethyl adjacent to an activating group) is 1. The Morgan fingerprint density at radius 2 is 2.00 bits per heavy atom. The number of nitrogens with zero attached hydrogens (tertiary/aromatic N) is 1. The van der Waals surface area contributed by atoms with Crippen molar-refractivity contribution in [3.8, 4) is 0 Å². The van der Waals surface area contributed by atoms with E-state index in [4.69, 9.17) is 5.11 Å². The Hall–Kier alpha value is -1.10. The van der Waals surface area contributed by atoms with Gasteiger partial charge in [-0.1, -0.05) is 13.8 Å². The molecule has 0 atom stereocenters. The minimum absolute atomic E-state index is 0.152. The summed E-state index contributed by atoms with van der Waals surface area (Å²) >= 11 is 0. The molecule has 0 aliphatic heterocycles. The fourth-order valence-electron chi connectivity index (χ4n) is 0.950. The van der Waals surface area contributed by atoms with Crippen LogP contribution in [0.25, 0.3) is 0 Å². The van der Waals surface area contributed by atoms with Crippen LogP contribution < -0.4 is 5.32 Å². The number of amides is 1. The average Bonchev–Trinajstić information content (AvgIpc) is 2.01. The van der Waals surface area contributed by atoms with Crippen LogP contribution in [0.4, 0.5) is 0 Å². The minimum atomic E-state index is -0.988. The third kappa shape index (κ3) is 6.42. The molecular formula is C9H18N2O3. The quantitative estimate of drug-likeness (QED) is 0.632. The van der Waals surface area contributed by atoms with E-state index in [0.29, 0.717) is 19.0 Å². The average molecular weight is 202 g/mol. The standard InChI is InChI=1S/C9H18N2O3/c1-7(2)10-5-4-8(12)11(3)6-9(13)14/h7,10H,4-6H2,1-3H3,(H,13,14). The molecule has 1 amide bonds. The Kier molecular flexibility index (Phi) is 5.87. The maximum atomic E-state index is 11.3. The van der Waals surface area contributed by atoms with Gasteiger partial charge in [-0.25, -0.2) is 0 Å². The summed E-state index contributed by atoms with van der Waals surface area (Å²) in [6.07, 6.45) is 0.335. The van der Waals surface area contributed by atoms with E-state index < -0.39 is 5.97 Å². The number of hydrogen-bond donors (Lipinski definition) is 2. The molecule has 0 heterocycles. The van der Waals surface area contributed by atoms with Crippen molar-refractivity contribution in [2.24, 2.45) is 0 Å². The van der Waals surface area contributed by atoms with Crippen molar-refractivity contribution in [3.05, 3.63) is 0 Å². The zero-order valence-electron chi connectivity index (χ0n) is 8.91. The summed E-state index contributed by atoms with van der Waals surface area (Å²) in [4.78, 5) is 22.8. The van der Waals surface area contributed by atoms with Crippen molar-refractivity contribution in [3.63, 3.8) is 0 Å². The fraction of sp³-hybridized carbons (Fsp3) is 0.778. The SMILES string of the molecule is CC(C)NCCC(=O)N(C)CC(=O)O. The van der Waals surface area contributed by atoms with Crippen molar-refractivity contribution in [1.29, 1.82) is 0 Å². The zero-order chi connectivity index (χ0) is 11.1. The van der Waals surface area contributed by atoms with Crippen LogP contribution in [0.2, 0.25) is 0 Å². The summed E-state index contributed by atoms with van der Waals surface area (Å²) in [6.45, 7) is 4.33. The van der Waals surface area contributed by atoms with Gasteiger partial charge in [-0.15, -0.1) is 0 Å². The third-order valence-electron chi connectivity index (χ3n) is 1.69. The molecule has 5 heteroatoms. The molecule has 0 unspecified atom stereocenters. The topological polar surface area (TPSA) is 69.6 Å². The van der Waals surface area contributed by atoms with E-state index in [1.54, 1.807) is 0 Å². The molecule has 0 aliphatic carbocycles. The Morgan fingerprint density at radius 3 is 2.43 bits per heavy atom. The molecule has 0 bridgehead atoms. The number of hydrogen-bond acceptors (Lipinski definition) is 3. The van der Waals surface area contributed by atoms with Crippen LogP contribution in [0.3, 0.4) is 0 Å². The molecule has 0 aliphatic rings. The van der Waals surface area contributed by atoms with Gasteiger partial charge in [-0.2, -0.15) is 0 Å². The molecule has 0 rings (SSSR count). The molecule has 2 N–H and O–H groups in total. The van der Waals surface area contributed by atoms with Gasteiger partial charge in [0.1, 0.15) is 6.54 Å². The van der Waals surface area contributed by atoms with E-state index in [2.05, 4.69) is 5.32 Å². The monoisotopic (exact) mass is 202 g/mol. The molecule has 0 saturated heterocycles. The molecular weight excluding hydrogens is 184 g/mol. The lowest BCUT2D eigenvalue weighted by atomic mass is 10.3. The van der Waals surface area contributed by atoms with Gasteiger partial charge in [-0.3, -0.25) is 9.59 Å². The van der Waals surface area contributed by atoms with Crippen molar-refractivity contribution in [2.75, 3.05) is 20.1 Å². The predicted octanol–water partition coefficient (Wildman–Crippen LogP) is -0.0825. The van der Waals surface area contributed by atoms with Crippen LogP contribution in [-0.4, -0.2) is 48.1 Å². The number of aliphatic carboxylic acids is 1. The van der Waals surface area contributed by atoms with Gasteiger partial charge in [0.05, 0.1) is 0 Å². The van der Waals surface area contributed by atoms with Gasteiger partial charge in [0.15, 0.2) is 0 Å². The summed E-state index contributed by atoms with van der Waals surface area (Å²) in [5.41, 5.74) is 0. The first-order valence-corrected chi connectivity index (χ1v) is 4.62. The fourth-order valence-corrected chi connectivity index (χ4v) is 0.950. The number of nitrogens with one attached hydrogen (secondary N) is 1. The van der Waals surface area contributed by atoms with Gasteiger partial charge < -0.3 is 15.3 Å². The number of carbonyl (C=O) groups is 2. The van der Waals surface area contributed by atoms with Crippen LogP contribution in [0.1, 0.15) is 20.3 Å². The molecule has 0 saturated carbocycles.